The largest absolute Gasteiger partial charge is 0.347 e. The Balaban J connectivity index is 1.54. The van der Waals surface area contributed by atoms with Crippen LogP contribution in [0.25, 0.3) is 0 Å². The van der Waals surface area contributed by atoms with Crippen molar-refractivity contribution in [3.05, 3.63) is 18.2 Å². The molecule has 1 aromatic heterocycles. The van der Waals surface area contributed by atoms with Gasteiger partial charge in [0, 0.05) is 31.5 Å². The van der Waals surface area contributed by atoms with E-state index in [2.05, 4.69) is 20.2 Å². The van der Waals surface area contributed by atoms with E-state index in [9.17, 15) is 0 Å². The first-order chi connectivity index (χ1) is 7.45. The summed E-state index contributed by atoms with van der Waals surface area (Å²) in [6, 6.07) is 0. The van der Waals surface area contributed by atoms with Gasteiger partial charge in [0.15, 0.2) is 0 Å². The SMILES string of the molecule is c1ncc(CNCCN2CCCCC2)[nH]1. The van der Waals surface area contributed by atoms with Crippen LogP contribution in [0.1, 0.15) is 25.0 Å². The lowest BCUT2D eigenvalue weighted by atomic mass is 10.1. The molecular formula is C11H20N4. The summed E-state index contributed by atoms with van der Waals surface area (Å²) >= 11 is 0. The van der Waals surface area contributed by atoms with Crippen molar-refractivity contribution in [2.75, 3.05) is 26.2 Å². The first kappa shape index (κ1) is 10.6. The predicted octanol–water partition coefficient (Wildman–Crippen LogP) is 0.985. The number of hydrogen-bond donors (Lipinski definition) is 2. The molecule has 2 heterocycles. The predicted molar refractivity (Wildman–Crippen MR) is 60.6 cm³/mol. The molecule has 2 N–H and O–H groups in total. The van der Waals surface area contributed by atoms with Crippen LogP contribution in [0.5, 0.6) is 0 Å². The van der Waals surface area contributed by atoms with E-state index in [1.165, 1.54) is 38.9 Å². The van der Waals surface area contributed by atoms with Gasteiger partial charge in [-0.2, -0.15) is 0 Å². The highest BCUT2D eigenvalue weighted by molar-refractivity contribution is 4.92. The number of imidazole rings is 1. The Kier molecular flexibility index (Phi) is 4.17. The Morgan fingerprint density at radius 2 is 2.20 bits per heavy atom. The lowest BCUT2D eigenvalue weighted by Gasteiger charge is -2.26. The molecule has 1 fully saturated rings. The van der Waals surface area contributed by atoms with Gasteiger partial charge in [-0.05, 0) is 25.9 Å². The van der Waals surface area contributed by atoms with Crippen LogP contribution in [0.2, 0.25) is 0 Å². The number of aromatic amines is 1. The number of H-pyrrole nitrogens is 1. The van der Waals surface area contributed by atoms with Crippen LogP contribution in [0.15, 0.2) is 12.5 Å². The molecule has 0 aromatic carbocycles. The minimum Gasteiger partial charge on any atom is -0.347 e. The van der Waals surface area contributed by atoms with E-state index >= 15 is 0 Å². The van der Waals surface area contributed by atoms with E-state index in [0.29, 0.717) is 0 Å². The first-order valence-electron chi connectivity index (χ1n) is 5.85. The van der Waals surface area contributed by atoms with Crippen LogP contribution >= 0.6 is 0 Å². The number of rotatable bonds is 5. The van der Waals surface area contributed by atoms with Crippen LogP contribution in [0, 0.1) is 0 Å². The van der Waals surface area contributed by atoms with Crippen molar-refractivity contribution in [3.63, 3.8) is 0 Å². The zero-order valence-electron chi connectivity index (χ0n) is 9.21. The smallest absolute Gasteiger partial charge is 0.0922 e. The van der Waals surface area contributed by atoms with E-state index in [0.717, 1.165) is 18.8 Å². The molecule has 0 bridgehead atoms. The maximum atomic E-state index is 3.98. The molecule has 0 amide bonds. The molecule has 1 saturated heterocycles. The standard InChI is InChI=1S/C11H20N4/c1-2-5-15(6-3-1)7-4-12-8-11-9-13-10-14-11/h9-10,12H,1-8H2,(H,13,14). The van der Waals surface area contributed by atoms with Gasteiger partial charge in [0.2, 0.25) is 0 Å². The topological polar surface area (TPSA) is 44.0 Å². The number of nitrogens with one attached hydrogen (secondary N) is 2. The van der Waals surface area contributed by atoms with Gasteiger partial charge in [-0.3, -0.25) is 0 Å². The van der Waals surface area contributed by atoms with Crippen molar-refractivity contribution >= 4 is 0 Å². The van der Waals surface area contributed by atoms with Gasteiger partial charge in [0.25, 0.3) is 0 Å². The second-order valence-corrected chi connectivity index (χ2v) is 4.16. The van der Waals surface area contributed by atoms with Crippen LogP contribution < -0.4 is 5.32 Å². The van der Waals surface area contributed by atoms with Gasteiger partial charge >= 0.3 is 0 Å². The van der Waals surface area contributed by atoms with Crippen LogP contribution in [-0.2, 0) is 6.54 Å². The van der Waals surface area contributed by atoms with Crippen molar-refractivity contribution in [3.8, 4) is 0 Å². The monoisotopic (exact) mass is 208 g/mol. The molecule has 0 saturated carbocycles. The summed E-state index contributed by atoms with van der Waals surface area (Å²) in [5.41, 5.74) is 1.16. The Bertz CT molecular complexity index is 252. The number of piperidine rings is 1. The molecule has 15 heavy (non-hydrogen) atoms. The van der Waals surface area contributed by atoms with Gasteiger partial charge in [0.1, 0.15) is 0 Å². The Morgan fingerprint density at radius 3 is 2.93 bits per heavy atom. The highest BCUT2D eigenvalue weighted by atomic mass is 15.1. The number of hydrogen-bond acceptors (Lipinski definition) is 3. The van der Waals surface area contributed by atoms with Crippen molar-refractivity contribution in [1.82, 2.24) is 20.2 Å². The third kappa shape index (κ3) is 3.64. The van der Waals surface area contributed by atoms with Crippen molar-refractivity contribution in [2.45, 2.75) is 25.8 Å². The lowest BCUT2D eigenvalue weighted by molar-refractivity contribution is 0.229. The first-order valence-corrected chi connectivity index (χ1v) is 5.85. The van der Waals surface area contributed by atoms with Crippen LogP contribution in [0.3, 0.4) is 0 Å². The maximum Gasteiger partial charge on any atom is 0.0922 e. The van der Waals surface area contributed by atoms with Crippen molar-refractivity contribution in [2.24, 2.45) is 0 Å². The second-order valence-electron chi connectivity index (χ2n) is 4.16. The number of likely N-dealkylation sites (tertiary alicyclic amines) is 1. The minimum absolute atomic E-state index is 0.897. The van der Waals surface area contributed by atoms with E-state index in [4.69, 9.17) is 0 Å². The fourth-order valence-electron chi connectivity index (χ4n) is 2.02. The average molecular weight is 208 g/mol. The molecular weight excluding hydrogens is 188 g/mol. The molecule has 1 aliphatic heterocycles. The van der Waals surface area contributed by atoms with Gasteiger partial charge in [-0.25, -0.2) is 4.98 Å². The molecule has 0 aliphatic carbocycles. The van der Waals surface area contributed by atoms with E-state index in [1.807, 2.05) is 6.20 Å². The van der Waals surface area contributed by atoms with Gasteiger partial charge in [0.05, 0.1) is 6.33 Å². The molecule has 4 heteroatoms. The molecule has 0 atom stereocenters. The molecule has 84 valence electrons. The highest BCUT2D eigenvalue weighted by Crippen LogP contribution is 2.07. The summed E-state index contributed by atoms with van der Waals surface area (Å²) in [5.74, 6) is 0. The van der Waals surface area contributed by atoms with Crippen LogP contribution in [0.4, 0.5) is 0 Å². The number of nitrogens with zero attached hydrogens (tertiary/aromatic N) is 2. The van der Waals surface area contributed by atoms with Gasteiger partial charge < -0.3 is 15.2 Å². The molecule has 1 aliphatic rings. The van der Waals surface area contributed by atoms with Crippen molar-refractivity contribution in [1.29, 1.82) is 0 Å². The van der Waals surface area contributed by atoms with Gasteiger partial charge in [-0.15, -0.1) is 0 Å². The zero-order valence-corrected chi connectivity index (χ0v) is 9.21. The molecule has 0 radical (unpaired) electrons. The van der Waals surface area contributed by atoms with E-state index < -0.39 is 0 Å². The summed E-state index contributed by atoms with van der Waals surface area (Å²) < 4.78 is 0. The lowest BCUT2D eigenvalue weighted by Crippen LogP contribution is -2.35. The second kappa shape index (κ2) is 5.88. The van der Waals surface area contributed by atoms with Crippen LogP contribution in [-0.4, -0.2) is 41.0 Å². The summed E-state index contributed by atoms with van der Waals surface area (Å²) in [5, 5.41) is 3.42. The Hall–Kier alpha value is -0.870. The molecule has 0 spiro atoms. The molecule has 4 nitrogen and oxygen atoms in total. The summed E-state index contributed by atoms with van der Waals surface area (Å²) in [4.78, 5) is 9.62. The Morgan fingerprint density at radius 1 is 1.33 bits per heavy atom. The third-order valence-corrected chi connectivity index (χ3v) is 2.92. The normalized spacial score (nSPS) is 18.1. The van der Waals surface area contributed by atoms with E-state index in [1.54, 1.807) is 6.33 Å². The molecule has 1 aromatic rings. The average Bonchev–Trinajstić information content (AvgIpc) is 2.79. The van der Waals surface area contributed by atoms with Gasteiger partial charge in [-0.1, -0.05) is 6.42 Å². The fraction of sp³-hybridized carbons (Fsp3) is 0.727. The Labute approximate surface area is 91.1 Å². The number of aromatic nitrogens is 2. The minimum atomic E-state index is 0.897. The highest BCUT2D eigenvalue weighted by Gasteiger charge is 2.08. The quantitative estimate of drug-likeness (QED) is 0.709. The zero-order chi connectivity index (χ0) is 10.3. The summed E-state index contributed by atoms with van der Waals surface area (Å²) in [6.45, 7) is 5.71. The third-order valence-electron chi connectivity index (χ3n) is 2.92. The summed E-state index contributed by atoms with van der Waals surface area (Å²) in [6.07, 6.45) is 7.76. The maximum absolute atomic E-state index is 3.98. The molecule has 0 unspecified atom stereocenters. The summed E-state index contributed by atoms with van der Waals surface area (Å²) in [7, 11) is 0. The fourth-order valence-corrected chi connectivity index (χ4v) is 2.02. The molecule has 2 rings (SSSR count). The van der Waals surface area contributed by atoms with Crippen molar-refractivity contribution < 1.29 is 0 Å². The van der Waals surface area contributed by atoms with E-state index in [-0.39, 0.29) is 0 Å².